The molecule has 0 unspecified atom stereocenters. The van der Waals surface area contributed by atoms with E-state index in [0.717, 1.165) is 23.1 Å². The molecule has 1 aromatic carbocycles. The van der Waals surface area contributed by atoms with Crippen LogP contribution < -0.4 is 5.32 Å². The number of pyridine rings is 1. The number of aromatic nitrogens is 1. The molecule has 1 heterocycles. The molecule has 0 amide bonds. The quantitative estimate of drug-likeness (QED) is 0.860. The molecular formula is C11H10Cl2N2. The van der Waals surface area contributed by atoms with Crippen molar-refractivity contribution in [1.29, 1.82) is 0 Å². The van der Waals surface area contributed by atoms with Crippen molar-refractivity contribution >= 4 is 39.8 Å². The van der Waals surface area contributed by atoms with E-state index in [1.165, 1.54) is 0 Å². The molecular weight excluding hydrogens is 231 g/mol. The van der Waals surface area contributed by atoms with Gasteiger partial charge in [0.1, 0.15) is 0 Å². The van der Waals surface area contributed by atoms with Crippen LogP contribution in [0.3, 0.4) is 0 Å². The predicted octanol–water partition coefficient (Wildman–Crippen LogP) is 3.97. The molecule has 2 nitrogen and oxygen atoms in total. The monoisotopic (exact) mass is 240 g/mol. The summed E-state index contributed by atoms with van der Waals surface area (Å²) in [6.45, 7) is 2.91. The molecule has 0 saturated heterocycles. The van der Waals surface area contributed by atoms with Gasteiger partial charge >= 0.3 is 0 Å². The average Bonchev–Trinajstić information content (AvgIpc) is 2.25. The molecule has 0 aliphatic heterocycles. The first-order valence-corrected chi connectivity index (χ1v) is 5.46. The first-order valence-electron chi connectivity index (χ1n) is 4.70. The van der Waals surface area contributed by atoms with Crippen LogP contribution in [0.1, 0.15) is 6.92 Å². The van der Waals surface area contributed by atoms with Gasteiger partial charge in [-0.1, -0.05) is 23.2 Å². The van der Waals surface area contributed by atoms with Crippen molar-refractivity contribution < 1.29 is 0 Å². The highest BCUT2D eigenvalue weighted by molar-refractivity contribution is 6.45. The smallest absolute Gasteiger partial charge is 0.0924 e. The molecule has 0 bridgehead atoms. The minimum Gasteiger partial charge on any atom is -0.385 e. The van der Waals surface area contributed by atoms with Crippen molar-refractivity contribution in [3.05, 3.63) is 34.4 Å². The summed E-state index contributed by atoms with van der Waals surface area (Å²) in [6, 6.07) is 5.64. The summed E-state index contributed by atoms with van der Waals surface area (Å²) in [5.74, 6) is 0. The Morgan fingerprint density at radius 1 is 1.27 bits per heavy atom. The zero-order chi connectivity index (χ0) is 10.8. The summed E-state index contributed by atoms with van der Waals surface area (Å²) < 4.78 is 0. The molecule has 15 heavy (non-hydrogen) atoms. The Morgan fingerprint density at radius 3 is 2.80 bits per heavy atom. The number of nitrogens with zero attached hydrogens (tertiary/aromatic N) is 1. The number of hydrogen-bond donors (Lipinski definition) is 1. The summed E-state index contributed by atoms with van der Waals surface area (Å²) in [6.07, 6.45) is 1.72. The molecule has 0 radical (unpaired) electrons. The van der Waals surface area contributed by atoms with E-state index < -0.39 is 0 Å². The highest BCUT2D eigenvalue weighted by Crippen LogP contribution is 2.32. The minimum atomic E-state index is 0.508. The number of halogens is 2. The van der Waals surface area contributed by atoms with E-state index in [-0.39, 0.29) is 0 Å². The lowest BCUT2D eigenvalue weighted by Crippen LogP contribution is -1.97. The van der Waals surface area contributed by atoms with Crippen LogP contribution >= 0.6 is 23.2 Å². The Bertz CT molecular complexity index is 497. The molecule has 0 aliphatic carbocycles. The lowest BCUT2D eigenvalue weighted by Gasteiger charge is -2.08. The van der Waals surface area contributed by atoms with Crippen molar-refractivity contribution in [3.63, 3.8) is 0 Å². The fourth-order valence-electron chi connectivity index (χ4n) is 1.50. The zero-order valence-electron chi connectivity index (χ0n) is 8.22. The molecule has 0 saturated carbocycles. The molecule has 1 N–H and O–H groups in total. The topological polar surface area (TPSA) is 24.9 Å². The largest absolute Gasteiger partial charge is 0.385 e. The van der Waals surface area contributed by atoms with Gasteiger partial charge in [0.25, 0.3) is 0 Å². The Labute approximate surface area is 98.2 Å². The maximum atomic E-state index is 6.08. The van der Waals surface area contributed by atoms with Crippen LogP contribution in [-0.4, -0.2) is 11.5 Å². The van der Waals surface area contributed by atoms with Gasteiger partial charge < -0.3 is 5.32 Å². The number of hydrogen-bond acceptors (Lipinski definition) is 2. The van der Waals surface area contributed by atoms with Crippen LogP contribution in [0, 0.1) is 0 Å². The van der Waals surface area contributed by atoms with Gasteiger partial charge in [-0.3, -0.25) is 4.98 Å². The highest BCUT2D eigenvalue weighted by atomic mass is 35.5. The lowest BCUT2D eigenvalue weighted by atomic mass is 10.2. The van der Waals surface area contributed by atoms with Gasteiger partial charge in [-0.15, -0.1) is 0 Å². The summed E-state index contributed by atoms with van der Waals surface area (Å²) >= 11 is 12.0. The normalized spacial score (nSPS) is 10.6. The van der Waals surface area contributed by atoms with E-state index in [1.54, 1.807) is 12.3 Å². The van der Waals surface area contributed by atoms with Gasteiger partial charge in [-0.05, 0) is 25.1 Å². The fraction of sp³-hybridized carbons (Fsp3) is 0.182. The van der Waals surface area contributed by atoms with Crippen LogP contribution in [0.25, 0.3) is 10.9 Å². The molecule has 2 rings (SSSR count). The molecule has 2 aromatic rings. The number of rotatable bonds is 2. The zero-order valence-corrected chi connectivity index (χ0v) is 9.73. The van der Waals surface area contributed by atoms with Gasteiger partial charge in [-0.2, -0.15) is 0 Å². The number of nitrogens with one attached hydrogen (secondary N) is 1. The Balaban J connectivity index is 2.72. The summed E-state index contributed by atoms with van der Waals surface area (Å²) in [7, 11) is 0. The van der Waals surface area contributed by atoms with Crippen LogP contribution in [0.2, 0.25) is 10.0 Å². The van der Waals surface area contributed by atoms with E-state index >= 15 is 0 Å². The minimum absolute atomic E-state index is 0.508. The van der Waals surface area contributed by atoms with Gasteiger partial charge in [0, 0.05) is 23.8 Å². The maximum Gasteiger partial charge on any atom is 0.0924 e. The van der Waals surface area contributed by atoms with E-state index in [0.29, 0.717) is 10.0 Å². The Kier molecular flexibility index (Phi) is 2.98. The van der Waals surface area contributed by atoms with Gasteiger partial charge in [0.2, 0.25) is 0 Å². The third kappa shape index (κ3) is 1.87. The van der Waals surface area contributed by atoms with Crippen LogP contribution in [0.15, 0.2) is 24.4 Å². The van der Waals surface area contributed by atoms with Gasteiger partial charge in [0.05, 0.1) is 15.6 Å². The maximum absolute atomic E-state index is 6.08. The van der Waals surface area contributed by atoms with E-state index in [2.05, 4.69) is 10.3 Å². The second-order valence-electron chi connectivity index (χ2n) is 3.15. The Hall–Kier alpha value is -0.990. The van der Waals surface area contributed by atoms with Crippen LogP contribution in [0.4, 0.5) is 5.69 Å². The fourth-order valence-corrected chi connectivity index (χ4v) is 1.87. The van der Waals surface area contributed by atoms with Crippen molar-refractivity contribution in [2.24, 2.45) is 0 Å². The van der Waals surface area contributed by atoms with Crippen molar-refractivity contribution in [2.45, 2.75) is 6.92 Å². The SMILES string of the molecule is CCNc1ccnc2c(Cl)c(Cl)ccc12. The molecule has 4 heteroatoms. The second-order valence-corrected chi connectivity index (χ2v) is 3.93. The van der Waals surface area contributed by atoms with Crippen LogP contribution in [-0.2, 0) is 0 Å². The summed E-state index contributed by atoms with van der Waals surface area (Å²) in [5, 5.41) is 5.29. The predicted molar refractivity (Wildman–Crippen MR) is 65.9 cm³/mol. The van der Waals surface area contributed by atoms with E-state index in [1.807, 2.05) is 19.1 Å². The van der Waals surface area contributed by atoms with Crippen molar-refractivity contribution in [3.8, 4) is 0 Å². The molecule has 0 fully saturated rings. The molecule has 0 spiro atoms. The van der Waals surface area contributed by atoms with Crippen molar-refractivity contribution in [1.82, 2.24) is 4.98 Å². The molecule has 0 atom stereocenters. The Morgan fingerprint density at radius 2 is 2.07 bits per heavy atom. The van der Waals surface area contributed by atoms with Crippen LogP contribution in [0.5, 0.6) is 0 Å². The third-order valence-corrected chi connectivity index (χ3v) is 2.97. The first kappa shape index (κ1) is 10.5. The number of anilines is 1. The molecule has 0 aliphatic rings. The number of benzene rings is 1. The van der Waals surface area contributed by atoms with Crippen molar-refractivity contribution in [2.75, 3.05) is 11.9 Å². The second kappa shape index (κ2) is 4.25. The highest BCUT2D eigenvalue weighted by Gasteiger charge is 2.07. The van der Waals surface area contributed by atoms with E-state index in [4.69, 9.17) is 23.2 Å². The summed E-state index contributed by atoms with van der Waals surface area (Å²) in [5.41, 5.74) is 1.77. The third-order valence-electron chi connectivity index (χ3n) is 2.17. The van der Waals surface area contributed by atoms with Gasteiger partial charge in [0.15, 0.2) is 0 Å². The van der Waals surface area contributed by atoms with E-state index in [9.17, 15) is 0 Å². The van der Waals surface area contributed by atoms with Gasteiger partial charge in [-0.25, -0.2) is 0 Å². The average molecular weight is 241 g/mol. The summed E-state index contributed by atoms with van der Waals surface area (Å²) in [4.78, 5) is 4.23. The first-order chi connectivity index (χ1) is 7.24. The standard InChI is InChI=1S/C11H10Cl2N2/c1-2-14-9-5-6-15-11-7(9)3-4-8(12)10(11)13/h3-6H,2H2,1H3,(H,14,15). The molecule has 1 aromatic heterocycles. The number of fused-ring (bicyclic) bond motifs is 1. The molecule has 78 valence electrons. The lowest BCUT2D eigenvalue weighted by molar-refractivity contribution is 1.21.